The molecule has 1 aromatic carbocycles. The van der Waals surface area contributed by atoms with Crippen LogP contribution in [-0.4, -0.2) is 17.3 Å². The quantitative estimate of drug-likeness (QED) is 0.886. The van der Waals surface area contributed by atoms with Crippen molar-refractivity contribution in [2.75, 3.05) is 12.8 Å². The second kappa shape index (κ2) is 4.73. The number of hydrogen-bond donors (Lipinski definition) is 2. The zero-order valence-corrected chi connectivity index (χ0v) is 9.88. The normalized spacial score (nSPS) is 10.8. The summed E-state index contributed by atoms with van der Waals surface area (Å²) in [5.74, 6) is -0.214. The number of halogens is 2. The van der Waals surface area contributed by atoms with Crippen molar-refractivity contribution in [1.29, 1.82) is 0 Å². The first-order valence-corrected chi connectivity index (χ1v) is 5.27. The molecule has 6 heteroatoms. The number of anilines is 1. The molecule has 2 aromatic rings. The standard InChI is InChI=1S/C11H11ClFN3O/c1-17-5-6-2-7(10(13)9(12)3-6)8-4-15-16-11(8)14/h2-4H,5H2,1H3,(H3,14,15,16). The van der Waals surface area contributed by atoms with E-state index in [1.165, 1.54) is 12.3 Å². The van der Waals surface area contributed by atoms with Crippen molar-refractivity contribution in [3.63, 3.8) is 0 Å². The molecule has 1 aromatic heterocycles. The van der Waals surface area contributed by atoms with Crippen molar-refractivity contribution in [3.8, 4) is 11.1 Å². The highest BCUT2D eigenvalue weighted by Crippen LogP contribution is 2.31. The van der Waals surface area contributed by atoms with Gasteiger partial charge >= 0.3 is 0 Å². The third kappa shape index (κ3) is 2.25. The second-order valence-electron chi connectivity index (χ2n) is 3.57. The Bertz CT molecular complexity index is 542. The van der Waals surface area contributed by atoms with Crippen molar-refractivity contribution in [3.05, 3.63) is 34.7 Å². The first-order chi connectivity index (χ1) is 8.13. The first kappa shape index (κ1) is 11.9. The summed E-state index contributed by atoms with van der Waals surface area (Å²) in [6.45, 7) is 0.352. The number of nitrogen functional groups attached to an aromatic ring is 1. The largest absolute Gasteiger partial charge is 0.384 e. The van der Waals surface area contributed by atoms with Crippen molar-refractivity contribution < 1.29 is 9.13 Å². The van der Waals surface area contributed by atoms with Crippen molar-refractivity contribution in [2.45, 2.75) is 6.61 Å². The van der Waals surface area contributed by atoms with Crippen LogP contribution in [0.25, 0.3) is 11.1 Å². The van der Waals surface area contributed by atoms with Gasteiger partial charge < -0.3 is 10.5 Å². The van der Waals surface area contributed by atoms with Crippen LogP contribution in [-0.2, 0) is 11.3 Å². The highest BCUT2D eigenvalue weighted by Gasteiger charge is 2.14. The molecule has 4 nitrogen and oxygen atoms in total. The summed E-state index contributed by atoms with van der Waals surface area (Å²) in [4.78, 5) is 0. The van der Waals surface area contributed by atoms with Gasteiger partial charge in [-0.25, -0.2) is 4.39 Å². The summed E-state index contributed by atoms with van der Waals surface area (Å²) in [6, 6.07) is 3.17. The zero-order valence-electron chi connectivity index (χ0n) is 9.13. The van der Waals surface area contributed by atoms with Gasteiger partial charge in [0.2, 0.25) is 0 Å². The minimum Gasteiger partial charge on any atom is -0.384 e. The molecule has 0 spiro atoms. The molecule has 17 heavy (non-hydrogen) atoms. The van der Waals surface area contributed by atoms with E-state index in [0.29, 0.717) is 23.6 Å². The molecular weight excluding hydrogens is 245 g/mol. The Morgan fingerprint density at radius 2 is 2.24 bits per heavy atom. The van der Waals surface area contributed by atoms with Crippen LogP contribution in [0.3, 0.4) is 0 Å². The number of H-pyrrole nitrogens is 1. The van der Waals surface area contributed by atoms with E-state index in [1.54, 1.807) is 13.2 Å². The van der Waals surface area contributed by atoms with Gasteiger partial charge in [-0.1, -0.05) is 11.6 Å². The number of methoxy groups -OCH3 is 1. The van der Waals surface area contributed by atoms with Crippen LogP contribution in [0.4, 0.5) is 10.2 Å². The number of rotatable bonds is 3. The molecule has 0 saturated heterocycles. The zero-order chi connectivity index (χ0) is 12.4. The summed E-state index contributed by atoms with van der Waals surface area (Å²) in [5, 5.41) is 6.34. The predicted molar refractivity (Wildman–Crippen MR) is 64.1 cm³/mol. The molecule has 0 aliphatic carbocycles. The summed E-state index contributed by atoms with van der Waals surface area (Å²) in [6.07, 6.45) is 1.46. The molecule has 0 aliphatic rings. The maximum Gasteiger partial charge on any atom is 0.149 e. The van der Waals surface area contributed by atoms with E-state index in [-0.39, 0.29) is 5.02 Å². The summed E-state index contributed by atoms with van der Waals surface area (Å²) in [5.41, 5.74) is 7.23. The lowest BCUT2D eigenvalue weighted by Gasteiger charge is -2.07. The van der Waals surface area contributed by atoms with Crippen molar-refractivity contribution in [2.24, 2.45) is 0 Å². The third-order valence-corrected chi connectivity index (χ3v) is 2.63. The summed E-state index contributed by atoms with van der Waals surface area (Å²) < 4.78 is 18.9. The lowest BCUT2D eigenvalue weighted by Crippen LogP contribution is -1.95. The Labute approximate surface area is 103 Å². The number of aromatic amines is 1. The van der Waals surface area contributed by atoms with E-state index in [9.17, 15) is 4.39 Å². The van der Waals surface area contributed by atoms with E-state index in [0.717, 1.165) is 5.56 Å². The van der Waals surface area contributed by atoms with Gasteiger partial charge in [0.25, 0.3) is 0 Å². The molecule has 2 rings (SSSR count). The minimum absolute atomic E-state index is 0.0372. The molecule has 0 atom stereocenters. The molecule has 0 saturated carbocycles. The topological polar surface area (TPSA) is 63.9 Å². The lowest BCUT2D eigenvalue weighted by atomic mass is 10.0. The molecule has 1 heterocycles. The van der Waals surface area contributed by atoms with Gasteiger partial charge in [-0.2, -0.15) is 5.10 Å². The molecule has 0 aliphatic heterocycles. The Hall–Kier alpha value is -1.59. The maximum absolute atomic E-state index is 13.9. The number of hydrogen-bond acceptors (Lipinski definition) is 3. The Morgan fingerprint density at radius 3 is 2.82 bits per heavy atom. The van der Waals surface area contributed by atoms with Gasteiger partial charge in [0, 0.05) is 18.2 Å². The average molecular weight is 256 g/mol. The second-order valence-corrected chi connectivity index (χ2v) is 3.98. The number of benzene rings is 1. The van der Waals surface area contributed by atoms with E-state index in [1.807, 2.05) is 0 Å². The van der Waals surface area contributed by atoms with E-state index in [2.05, 4.69) is 10.2 Å². The molecular formula is C11H11ClFN3O. The van der Waals surface area contributed by atoms with E-state index >= 15 is 0 Å². The highest BCUT2D eigenvalue weighted by atomic mass is 35.5. The smallest absolute Gasteiger partial charge is 0.149 e. The van der Waals surface area contributed by atoms with E-state index in [4.69, 9.17) is 22.1 Å². The van der Waals surface area contributed by atoms with Gasteiger partial charge in [-0.3, -0.25) is 5.10 Å². The van der Waals surface area contributed by atoms with Crippen LogP contribution in [0, 0.1) is 5.82 Å². The van der Waals surface area contributed by atoms with Gasteiger partial charge in [-0.15, -0.1) is 0 Å². The average Bonchev–Trinajstić information content (AvgIpc) is 2.70. The summed E-state index contributed by atoms with van der Waals surface area (Å²) in [7, 11) is 1.56. The number of nitrogens with one attached hydrogen (secondary N) is 1. The fraction of sp³-hybridized carbons (Fsp3) is 0.182. The molecule has 0 fully saturated rings. The van der Waals surface area contributed by atoms with E-state index < -0.39 is 5.82 Å². The van der Waals surface area contributed by atoms with Gasteiger partial charge in [0.05, 0.1) is 17.8 Å². The number of aromatic nitrogens is 2. The Balaban J connectivity index is 2.56. The van der Waals surface area contributed by atoms with Gasteiger partial charge in [-0.05, 0) is 17.7 Å². The predicted octanol–water partition coefficient (Wildman–Crippen LogP) is 2.60. The molecule has 0 amide bonds. The fourth-order valence-corrected chi connectivity index (χ4v) is 1.84. The van der Waals surface area contributed by atoms with Crippen molar-refractivity contribution >= 4 is 17.4 Å². The number of nitrogens with zero attached hydrogens (tertiary/aromatic N) is 1. The van der Waals surface area contributed by atoms with Crippen LogP contribution in [0.1, 0.15) is 5.56 Å². The monoisotopic (exact) mass is 255 g/mol. The van der Waals surface area contributed by atoms with Crippen molar-refractivity contribution in [1.82, 2.24) is 10.2 Å². The van der Waals surface area contributed by atoms with Gasteiger partial charge in [0.1, 0.15) is 11.6 Å². The SMILES string of the molecule is COCc1cc(Cl)c(F)c(-c2cn[nH]c2N)c1. The lowest BCUT2D eigenvalue weighted by molar-refractivity contribution is 0.185. The first-order valence-electron chi connectivity index (χ1n) is 4.89. The minimum atomic E-state index is -0.514. The number of nitrogens with two attached hydrogens (primary N) is 1. The summed E-state index contributed by atoms with van der Waals surface area (Å²) >= 11 is 5.82. The number of ether oxygens (including phenoxy) is 1. The molecule has 3 N–H and O–H groups in total. The van der Waals surface area contributed by atoms with Crippen LogP contribution < -0.4 is 5.73 Å². The Kier molecular flexibility index (Phi) is 3.31. The van der Waals surface area contributed by atoms with Crippen LogP contribution in [0.5, 0.6) is 0 Å². The molecule has 90 valence electrons. The highest BCUT2D eigenvalue weighted by molar-refractivity contribution is 6.31. The van der Waals surface area contributed by atoms with Crippen LogP contribution >= 0.6 is 11.6 Å². The fourth-order valence-electron chi connectivity index (χ4n) is 1.60. The van der Waals surface area contributed by atoms with Crippen LogP contribution in [0.15, 0.2) is 18.3 Å². The molecule has 0 unspecified atom stereocenters. The van der Waals surface area contributed by atoms with Gasteiger partial charge in [0.15, 0.2) is 0 Å². The Morgan fingerprint density at radius 1 is 1.47 bits per heavy atom. The molecule has 0 bridgehead atoms. The molecule has 0 radical (unpaired) electrons. The third-order valence-electron chi connectivity index (χ3n) is 2.36. The van der Waals surface area contributed by atoms with Crippen LogP contribution in [0.2, 0.25) is 5.02 Å². The maximum atomic E-state index is 13.9.